The maximum Gasteiger partial charge on any atom is 0.226 e. The van der Waals surface area contributed by atoms with E-state index in [0.717, 1.165) is 34.3 Å². The Bertz CT molecular complexity index is 925. The summed E-state index contributed by atoms with van der Waals surface area (Å²) in [4.78, 5) is 11.4. The highest BCUT2D eigenvalue weighted by Gasteiger charge is 2.17. The summed E-state index contributed by atoms with van der Waals surface area (Å²) in [6.45, 7) is 4.32. The van der Waals surface area contributed by atoms with Gasteiger partial charge in [0.2, 0.25) is 5.43 Å². The predicted octanol–water partition coefficient (Wildman–Crippen LogP) is 3.26. The lowest BCUT2D eigenvalue weighted by Gasteiger charge is -2.11. The van der Waals surface area contributed by atoms with Gasteiger partial charge in [0, 0.05) is 17.0 Å². The van der Waals surface area contributed by atoms with Crippen molar-refractivity contribution in [1.82, 2.24) is 5.32 Å². The topological polar surface area (TPSA) is 84.8 Å². The van der Waals surface area contributed by atoms with Crippen molar-refractivity contribution in [3.05, 3.63) is 57.8 Å². The smallest absolute Gasteiger partial charge is 0.226 e. The van der Waals surface area contributed by atoms with Crippen LogP contribution in [0.2, 0.25) is 0 Å². The highest BCUT2D eigenvalue weighted by Crippen LogP contribution is 2.31. The number of rotatable bonds is 5. The van der Waals surface area contributed by atoms with Gasteiger partial charge in [0.25, 0.3) is 0 Å². The number of ether oxygens (including phenoxy) is 1. The zero-order valence-electron chi connectivity index (χ0n) is 13.8. The van der Waals surface area contributed by atoms with Crippen molar-refractivity contribution in [2.45, 2.75) is 26.4 Å². The largest absolute Gasteiger partial charge is 0.502 e. The standard InChI is InChI=1S/C18H19NO5/c1-10-14-6-12(22-3)4-5-17(14)24-18(10)11(2)19-8-13-7-15(20)16(21)9-23-13/h4-7,9,11,19,21H,8H2,1-3H3. The lowest BCUT2D eigenvalue weighted by Crippen LogP contribution is -2.19. The summed E-state index contributed by atoms with van der Waals surface area (Å²) in [6, 6.07) is 6.88. The zero-order valence-corrected chi connectivity index (χ0v) is 13.8. The number of nitrogens with one attached hydrogen (secondary N) is 1. The minimum Gasteiger partial charge on any atom is -0.502 e. The average Bonchev–Trinajstić information content (AvgIpc) is 2.92. The van der Waals surface area contributed by atoms with Gasteiger partial charge in [-0.3, -0.25) is 4.79 Å². The van der Waals surface area contributed by atoms with Gasteiger partial charge in [0.05, 0.1) is 19.7 Å². The van der Waals surface area contributed by atoms with Crippen LogP contribution in [0.15, 0.2) is 44.2 Å². The van der Waals surface area contributed by atoms with Crippen LogP contribution in [0.25, 0.3) is 11.0 Å². The van der Waals surface area contributed by atoms with Crippen molar-refractivity contribution in [3.63, 3.8) is 0 Å². The molecule has 0 aliphatic rings. The Labute approximate surface area is 138 Å². The molecule has 6 nitrogen and oxygen atoms in total. The van der Waals surface area contributed by atoms with Gasteiger partial charge in [0.15, 0.2) is 5.75 Å². The molecule has 2 aromatic heterocycles. The zero-order chi connectivity index (χ0) is 17.3. The van der Waals surface area contributed by atoms with Crippen molar-refractivity contribution in [2.75, 3.05) is 7.11 Å². The molecule has 0 amide bonds. The number of hydrogen-bond donors (Lipinski definition) is 2. The first-order valence-corrected chi connectivity index (χ1v) is 7.60. The second-order valence-electron chi connectivity index (χ2n) is 5.65. The average molecular weight is 329 g/mol. The van der Waals surface area contributed by atoms with Crippen molar-refractivity contribution in [2.24, 2.45) is 0 Å². The van der Waals surface area contributed by atoms with E-state index in [1.807, 2.05) is 32.0 Å². The predicted molar refractivity (Wildman–Crippen MR) is 89.4 cm³/mol. The van der Waals surface area contributed by atoms with E-state index in [1.54, 1.807) is 7.11 Å². The van der Waals surface area contributed by atoms with E-state index in [-0.39, 0.29) is 6.04 Å². The molecule has 0 aliphatic heterocycles. The molecule has 0 fully saturated rings. The summed E-state index contributed by atoms with van der Waals surface area (Å²) in [5.74, 6) is 1.65. The summed E-state index contributed by atoms with van der Waals surface area (Å²) < 4.78 is 16.4. The lowest BCUT2D eigenvalue weighted by molar-refractivity contribution is 0.387. The third kappa shape index (κ3) is 3.00. The van der Waals surface area contributed by atoms with Crippen LogP contribution in [0, 0.1) is 6.92 Å². The Morgan fingerprint density at radius 3 is 2.83 bits per heavy atom. The molecule has 0 radical (unpaired) electrons. The van der Waals surface area contributed by atoms with Crippen LogP contribution in [0.3, 0.4) is 0 Å². The molecule has 3 rings (SSSR count). The molecule has 2 heterocycles. The van der Waals surface area contributed by atoms with Gasteiger partial charge in [-0.2, -0.15) is 0 Å². The molecule has 0 saturated carbocycles. The Kier molecular flexibility index (Phi) is 4.31. The molecule has 0 saturated heterocycles. The van der Waals surface area contributed by atoms with E-state index < -0.39 is 11.2 Å². The van der Waals surface area contributed by atoms with E-state index in [9.17, 15) is 9.90 Å². The van der Waals surface area contributed by atoms with Crippen LogP contribution in [0.1, 0.15) is 30.0 Å². The van der Waals surface area contributed by atoms with Gasteiger partial charge in [-0.1, -0.05) is 0 Å². The van der Waals surface area contributed by atoms with Gasteiger partial charge in [0.1, 0.15) is 29.1 Å². The third-order valence-corrected chi connectivity index (χ3v) is 4.02. The Morgan fingerprint density at radius 1 is 1.33 bits per heavy atom. The van der Waals surface area contributed by atoms with Crippen LogP contribution >= 0.6 is 0 Å². The second kappa shape index (κ2) is 6.41. The quantitative estimate of drug-likeness (QED) is 0.747. The maximum atomic E-state index is 11.4. The SMILES string of the molecule is COc1ccc2oc(C(C)NCc3cc(=O)c(O)co3)c(C)c2c1. The van der Waals surface area contributed by atoms with Crippen molar-refractivity contribution >= 4 is 11.0 Å². The first-order valence-electron chi connectivity index (χ1n) is 7.60. The fraction of sp³-hybridized carbons (Fsp3) is 0.278. The molecule has 1 atom stereocenters. The summed E-state index contributed by atoms with van der Waals surface area (Å²) in [5.41, 5.74) is 1.38. The van der Waals surface area contributed by atoms with Crippen LogP contribution in [-0.4, -0.2) is 12.2 Å². The van der Waals surface area contributed by atoms with Crippen molar-refractivity contribution < 1.29 is 18.7 Å². The summed E-state index contributed by atoms with van der Waals surface area (Å²) >= 11 is 0. The first kappa shape index (κ1) is 16.1. The van der Waals surface area contributed by atoms with Gasteiger partial charge in [-0.05, 0) is 32.0 Å². The van der Waals surface area contributed by atoms with E-state index >= 15 is 0 Å². The first-order chi connectivity index (χ1) is 11.5. The van der Waals surface area contributed by atoms with Crippen LogP contribution in [0.4, 0.5) is 0 Å². The van der Waals surface area contributed by atoms with E-state index in [2.05, 4.69) is 5.32 Å². The molecular formula is C18H19NO5. The minimum atomic E-state index is -0.460. The molecular weight excluding hydrogens is 310 g/mol. The monoisotopic (exact) mass is 329 g/mol. The molecule has 0 aliphatic carbocycles. The number of furan rings is 1. The molecule has 1 unspecified atom stereocenters. The van der Waals surface area contributed by atoms with Crippen molar-refractivity contribution in [3.8, 4) is 11.5 Å². The highest BCUT2D eigenvalue weighted by molar-refractivity contribution is 5.83. The molecule has 2 N–H and O–H groups in total. The van der Waals surface area contributed by atoms with Crippen LogP contribution < -0.4 is 15.5 Å². The summed E-state index contributed by atoms with van der Waals surface area (Å²) in [7, 11) is 1.63. The number of fused-ring (bicyclic) bond motifs is 1. The summed E-state index contributed by atoms with van der Waals surface area (Å²) in [6.07, 6.45) is 1.04. The number of methoxy groups -OCH3 is 1. The van der Waals surface area contributed by atoms with Gasteiger partial charge < -0.3 is 24.0 Å². The number of benzene rings is 1. The van der Waals surface area contributed by atoms with E-state index in [1.165, 1.54) is 6.07 Å². The Hall–Kier alpha value is -2.73. The summed E-state index contributed by atoms with van der Waals surface area (Å²) in [5, 5.41) is 13.5. The number of hydrogen-bond acceptors (Lipinski definition) is 6. The van der Waals surface area contributed by atoms with Crippen LogP contribution in [0.5, 0.6) is 11.5 Å². The maximum absolute atomic E-state index is 11.4. The minimum absolute atomic E-state index is 0.0810. The van der Waals surface area contributed by atoms with Gasteiger partial charge in [-0.15, -0.1) is 0 Å². The molecule has 24 heavy (non-hydrogen) atoms. The molecule has 0 bridgehead atoms. The van der Waals surface area contributed by atoms with Crippen LogP contribution in [-0.2, 0) is 6.54 Å². The Morgan fingerprint density at radius 2 is 2.12 bits per heavy atom. The van der Waals surface area contributed by atoms with E-state index in [0.29, 0.717) is 12.3 Å². The molecule has 6 heteroatoms. The molecule has 3 aromatic rings. The molecule has 126 valence electrons. The normalized spacial score (nSPS) is 12.5. The van der Waals surface area contributed by atoms with Gasteiger partial charge in [-0.25, -0.2) is 0 Å². The van der Waals surface area contributed by atoms with Crippen molar-refractivity contribution in [1.29, 1.82) is 0 Å². The fourth-order valence-electron chi connectivity index (χ4n) is 2.64. The lowest BCUT2D eigenvalue weighted by atomic mass is 10.1. The van der Waals surface area contributed by atoms with Gasteiger partial charge >= 0.3 is 0 Å². The fourth-order valence-corrected chi connectivity index (χ4v) is 2.64. The Balaban J connectivity index is 1.80. The highest BCUT2D eigenvalue weighted by atomic mass is 16.5. The second-order valence-corrected chi connectivity index (χ2v) is 5.65. The third-order valence-electron chi connectivity index (χ3n) is 4.02. The number of aryl methyl sites for hydroxylation is 1. The number of aromatic hydroxyl groups is 1. The molecule has 1 aromatic carbocycles. The van der Waals surface area contributed by atoms with E-state index in [4.69, 9.17) is 13.6 Å². The molecule has 0 spiro atoms.